The highest BCUT2D eigenvalue weighted by atomic mass is 16.3. The number of benzene rings is 1. The van der Waals surface area contributed by atoms with Gasteiger partial charge in [0.25, 0.3) is 0 Å². The van der Waals surface area contributed by atoms with Crippen molar-refractivity contribution in [3.63, 3.8) is 0 Å². The van der Waals surface area contributed by atoms with Crippen LogP contribution < -0.4 is 10.6 Å². The summed E-state index contributed by atoms with van der Waals surface area (Å²) in [5.74, 6) is 0. The minimum Gasteiger partial charge on any atom is -0.391 e. The van der Waals surface area contributed by atoms with Crippen LogP contribution in [0.1, 0.15) is 44.2 Å². The summed E-state index contributed by atoms with van der Waals surface area (Å²) >= 11 is 0. The Labute approximate surface area is 141 Å². The average molecular weight is 328 g/mol. The zero-order valence-electron chi connectivity index (χ0n) is 13.9. The second-order valence-corrected chi connectivity index (χ2v) is 6.31. The Morgan fingerprint density at radius 3 is 2.83 bits per heavy atom. The minimum absolute atomic E-state index is 0.160. The fourth-order valence-corrected chi connectivity index (χ4v) is 3.24. The van der Waals surface area contributed by atoms with Crippen molar-refractivity contribution < 1.29 is 9.90 Å². The standard InChI is InChI=1S/C18H24N4O2/c1-13(20-18(24)21-15-8-3-5-10-17(15)23)14-7-2-4-9-16(14)22-12-6-11-19-22/h2,4,6-7,9,11-13,15,17,23H,3,5,8,10H2,1H3,(H2,20,21,24). The van der Waals surface area contributed by atoms with Crippen molar-refractivity contribution in [2.24, 2.45) is 0 Å². The molecule has 1 aliphatic carbocycles. The summed E-state index contributed by atoms with van der Waals surface area (Å²) < 4.78 is 1.79. The lowest BCUT2D eigenvalue weighted by Gasteiger charge is -2.29. The summed E-state index contributed by atoms with van der Waals surface area (Å²) in [5.41, 5.74) is 1.92. The number of nitrogens with zero attached hydrogens (tertiary/aromatic N) is 2. The molecule has 6 heteroatoms. The minimum atomic E-state index is -0.448. The van der Waals surface area contributed by atoms with E-state index < -0.39 is 6.10 Å². The SMILES string of the molecule is CC(NC(=O)NC1CCCCC1O)c1ccccc1-n1cccn1. The lowest BCUT2D eigenvalue weighted by Crippen LogP contribution is -2.49. The number of amides is 2. The zero-order valence-corrected chi connectivity index (χ0v) is 13.9. The monoisotopic (exact) mass is 328 g/mol. The largest absolute Gasteiger partial charge is 0.391 e. The number of para-hydroxylation sites is 1. The highest BCUT2D eigenvalue weighted by Crippen LogP contribution is 2.21. The van der Waals surface area contributed by atoms with E-state index in [4.69, 9.17) is 0 Å². The van der Waals surface area contributed by atoms with Crippen LogP contribution in [0.3, 0.4) is 0 Å². The van der Waals surface area contributed by atoms with Gasteiger partial charge in [0, 0.05) is 12.4 Å². The predicted molar refractivity (Wildman–Crippen MR) is 91.9 cm³/mol. The first kappa shape index (κ1) is 16.5. The number of hydrogen-bond acceptors (Lipinski definition) is 3. The normalized spacial score (nSPS) is 21.9. The zero-order chi connectivity index (χ0) is 16.9. The molecule has 0 radical (unpaired) electrons. The number of carbonyl (C=O) groups is 1. The third-order valence-corrected chi connectivity index (χ3v) is 4.55. The fraction of sp³-hybridized carbons (Fsp3) is 0.444. The van der Waals surface area contributed by atoms with E-state index in [0.29, 0.717) is 0 Å². The smallest absolute Gasteiger partial charge is 0.315 e. The maximum absolute atomic E-state index is 12.3. The van der Waals surface area contributed by atoms with Gasteiger partial charge < -0.3 is 15.7 Å². The molecule has 3 atom stereocenters. The third-order valence-electron chi connectivity index (χ3n) is 4.55. The Hall–Kier alpha value is -2.34. The Morgan fingerprint density at radius 1 is 1.29 bits per heavy atom. The van der Waals surface area contributed by atoms with Gasteiger partial charge in [-0.15, -0.1) is 0 Å². The van der Waals surface area contributed by atoms with Crippen molar-refractivity contribution in [2.75, 3.05) is 0 Å². The van der Waals surface area contributed by atoms with Gasteiger partial charge >= 0.3 is 6.03 Å². The van der Waals surface area contributed by atoms with Gasteiger partial charge in [0.05, 0.1) is 23.9 Å². The molecule has 1 aliphatic rings. The van der Waals surface area contributed by atoms with Gasteiger partial charge in [0.15, 0.2) is 0 Å². The van der Waals surface area contributed by atoms with E-state index >= 15 is 0 Å². The van der Waals surface area contributed by atoms with Crippen LogP contribution in [-0.4, -0.2) is 33.1 Å². The van der Waals surface area contributed by atoms with Crippen LogP contribution in [-0.2, 0) is 0 Å². The summed E-state index contributed by atoms with van der Waals surface area (Å²) in [6.07, 6.45) is 6.80. The summed E-state index contributed by atoms with van der Waals surface area (Å²) in [7, 11) is 0. The molecular formula is C18H24N4O2. The van der Waals surface area contributed by atoms with E-state index in [1.807, 2.05) is 43.5 Å². The molecule has 0 saturated heterocycles. The first-order valence-corrected chi connectivity index (χ1v) is 8.49. The molecule has 128 valence electrons. The molecule has 6 nitrogen and oxygen atoms in total. The number of aromatic nitrogens is 2. The second-order valence-electron chi connectivity index (χ2n) is 6.31. The number of urea groups is 1. The first-order chi connectivity index (χ1) is 11.6. The Kier molecular flexibility index (Phi) is 5.15. The topological polar surface area (TPSA) is 79.2 Å². The summed E-state index contributed by atoms with van der Waals surface area (Å²) in [6.45, 7) is 1.94. The molecule has 1 fully saturated rings. The quantitative estimate of drug-likeness (QED) is 0.807. The van der Waals surface area contributed by atoms with Gasteiger partial charge in [-0.05, 0) is 37.5 Å². The van der Waals surface area contributed by atoms with Gasteiger partial charge in [0.2, 0.25) is 0 Å². The van der Waals surface area contributed by atoms with Gasteiger partial charge in [-0.2, -0.15) is 5.10 Å². The molecule has 2 aromatic rings. The van der Waals surface area contributed by atoms with Gasteiger partial charge in [-0.25, -0.2) is 9.48 Å². The molecule has 1 aromatic heterocycles. The molecule has 0 aliphatic heterocycles. The number of rotatable bonds is 4. The highest BCUT2D eigenvalue weighted by molar-refractivity contribution is 5.75. The number of carbonyl (C=O) groups excluding carboxylic acids is 1. The van der Waals surface area contributed by atoms with Gasteiger partial charge in [0.1, 0.15) is 0 Å². The lowest BCUT2D eigenvalue weighted by atomic mass is 9.93. The van der Waals surface area contributed by atoms with E-state index in [-0.39, 0.29) is 18.1 Å². The molecule has 1 aromatic carbocycles. The summed E-state index contributed by atoms with van der Waals surface area (Å²) in [4.78, 5) is 12.3. The molecule has 2 amide bonds. The van der Waals surface area contributed by atoms with Gasteiger partial charge in [-0.3, -0.25) is 0 Å². The first-order valence-electron chi connectivity index (χ1n) is 8.49. The Morgan fingerprint density at radius 2 is 2.08 bits per heavy atom. The van der Waals surface area contributed by atoms with E-state index in [0.717, 1.165) is 36.9 Å². The maximum atomic E-state index is 12.3. The van der Waals surface area contributed by atoms with Crippen LogP contribution in [0.15, 0.2) is 42.7 Å². The highest BCUT2D eigenvalue weighted by Gasteiger charge is 2.25. The molecule has 0 spiro atoms. The number of aliphatic hydroxyl groups excluding tert-OH is 1. The van der Waals surface area contributed by atoms with Crippen molar-refractivity contribution in [1.29, 1.82) is 0 Å². The Balaban J connectivity index is 1.67. The summed E-state index contributed by atoms with van der Waals surface area (Å²) in [6, 6.07) is 9.14. The molecule has 3 unspecified atom stereocenters. The van der Waals surface area contributed by atoms with E-state index in [1.165, 1.54) is 0 Å². The maximum Gasteiger partial charge on any atom is 0.315 e. The van der Waals surface area contributed by atoms with Crippen molar-refractivity contribution >= 4 is 6.03 Å². The van der Waals surface area contributed by atoms with Crippen molar-refractivity contribution in [1.82, 2.24) is 20.4 Å². The van der Waals surface area contributed by atoms with Crippen molar-refractivity contribution in [3.05, 3.63) is 48.3 Å². The molecule has 1 saturated carbocycles. The third kappa shape index (κ3) is 3.76. The number of hydrogen-bond donors (Lipinski definition) is 3. The molecule has 0 bridgehead atoms. The fourth-order valence-electron chi connectivity index (χ4n) is 3.24. The Bertz CT molecular complexity index is 671. The summed E-state index contributed by atoms with van der Waals surface area (Å²) in [5, 5.41) is 20.1. The van der Waals surface area contributed by atoms with Crippen LogP contribution >= 0.6 is 0 Å². The number of aliphatic hydroxyl groups is 1. The van der Waals surface area contributed by atoms with Crippen LogP contribution in [0.4, 0.5) is 4.79 Å². The predicted octanol–water partition coefficient (Wildman–Crippen LogP) is 2.54. The van der Waals surface area contributed by atoms with E-state index in [9.17, 15) is 9.90 Å². The molecular weight excluding hydrogens is 304 g/mol. The van der Waals surface area contributed by atoms with Crippen molar-refractivity contribution in [3.8, 4) is 5.69 Å². The molecule has 3 N–H and O–H groups in total. The van der Waals surface area contributed by atoms with Crippen LogP contribution in [0.25, 0.3) is 5.69 Å². The van der Waals surface area contributed by atoms with Crippen LogP contribution in [0.5, 0.6) is 0 Å². The van der Waals surface area contributed by atoms with E-state index in [2.05, 4.69) is 15.7 Å². The molecule has 1 heterocycles. The average Bonchev–Trinajstić information content (AvgIpc) is 3.11. The van der Waals surface area contributed by atoms with E-state index in [1.54, 1.807) is 10.9 Å². The molecule has 3 rings (SSSR count). The van der Waals surface area contributed by atoms with Gasteiger partial charge in [-0.1, -0.05) is 31.0 Å². The number of nitrogens with one attached hydrogen (secondary N) is 2. The van der Waals surface area contributed by atoms with Crippen molar-refractivity contribution in [2.45, 2.75) is 50.8 Å². The van der Waals surface area contributed by atoms with Crippen LogP contribution in [0, 0.1) is 0 Å². The second kappa shape index (κ2) is 7.49. The van der Waals surface area contributed by atoms with Crippen LogP contribution in [0.2, 0.25) is 0 Å². The molecule has 24 heavy (non-hydrogen) atoms. The lowest BCUT2D eigenvalue weighted by molar-refractivity contribution is 0.0941.